The monoisotopic (exact) mass is 782 g/mol. The Bertz CT molecular complexity index is 2020. The number of nitrogens with zero attached hydrogens (tertiary/aromatic N) is 2. The minimum atomic E-state index is -1.22. The van der Waals surface area contributed by atoms with E-state index in [0.717, 1.165) is 22.3 Å². The zero-order chi connectivity index (χ0) is 39.4. The van der Waals surface area contributed by atoms with Crippen molar-refractivity contribution in [2.24, 2.45) is 11.8 Å². The number of hydrogen-bond acceptors (Lipinski definition) is 8. The molecule has 2 aromatic carbocycles. The van der Waals surface area contributed by atoms with Crippen LogP contribution >= 0.6 is 23.2 Å². The van der Waals surface area contributed by atoms with E-state index >= 15 is 0 Å². The van der Waals surface area contributed by atoms with Gasteiger partial charge in [-0.15, -0.1) is 0 Å². The number of carbonyl (C=O) groups is 2. The van der Waals surface area contributed by atoms with Gasteiger partial charge < -0.3 is 38.3 Å². The number of rotatable bonds is 12. The third-order valence-corrected chi connectivity index (χ3v) is 10.3. The fourth-order valence-electron chi connectivity index (χ4n) is 6.86. The van der Waals surface area contributed by atoms with Crippen molar-refractivity contribution >= 4 is 35.1 Å². The quantitative estimate of drug-likeness (QED) is 0.140. The van der Waals surface area contributed by atoms with Gasteiger partial charge in [0.2, 0.25) is 0 Å². The number of fused-ring (bicyclic) bond motifs is 6. The third-order valence-electron chi connectivity index (χ3n) is 9.69. The first kappa shape index (κ1) is 40.6. The van der Waals surface area contributed by atoms with Crippen molar-refractivity contribution in [2.45, 2.75) is 52.6 Å². The molecule has 0 spiro atoms. The van der Waals surface area contributed by atoms with E-state index in [2.05, 4.69) is 27.7 Å². The molecule has 4 aromatic rings. The number of methoxy groups -OCH3 is 2. The van der Waals surface area contributed by atoms with Crippen molar-refractivity contribution in [1.82, 2.24) is 9.13 Å². The van der Waals surface area contributed by atoms with Crippen LogP contribution in [0.2, 0.25) is 10.0 Å². The van der Waals surface area contributed by atoms with Gasteiger partial charge in [-0.25, -0.2) is 9.59 Å². The molecule has 2 aromatic heterocycles. The molecule has 12 nitrogen and oxygen atoms in total. The van der Waals surface area contributed by atoms with E-state index in [1.165, 1.54) is 24.5 Å². The first-order valence-corrected chi connectivity index (χ1v) is 18.3. The average molecular weight is 784 g/mol. The van der Waals surface area contributed by atoms with Gasteiger partial charge in [-0.05, 0) is 60.1 Å². The van der Waals surface area contributed by atoms with Gasteiger partial charge in [0, 0.05) is 62.0 Å². The van der Waals surface area contributed by atoms with Gasteiger partial charge in [-0.3, -0.25) is 9.59 Å². The minimum Gasteiger partial charge on any atom is -0.490 e. The molecular formula is C40H44Cl2N2O10. The highest BCUT2D eigenvalue weighted by atomic mass is 35.5. The summed E-state index contributed by atoms with van der Waals surface area (Å²) in [5.74, 6) is -0.794. The van der Waals surface area contributed by atoms with Crippen molar-refractivity contribution in [2.75, 3.05) is 40.6 Å². The molecule has 0 unspecified atom stereocenters. The zero-order valence-electron chi connectivity index (χ0n) is 31.0. The van der Waals surface area contributed by atoms with Gasteiger partial charge in [-0.2, -0.15) is 0 Å². The topological polar surface area (TPSA) is 156 Å². The van der Waals surface area contributed by atoms with Crippen molar-refractivity contribution in [3.05, 3.63) is 102 Å². The molecule has 2 atom stereocenters. The fourth-order valence-corrected chi connectivity index (χ4v) is 7.30. The lowest BCUT2D eigenvalue weighted by molar-refractivity contribution is 0.0683. The van der Waals surface area contributed by atoms with Gasteiger partial charge in [-0.1, -0.05) is 50.9 Å². The maximum Gasteiger partial charge on any atom is 0.341 e. The number of carboxylic acids is 2. The molecule has 0 aliphatic carbocycles. The summed E-state index contributed by atoms with van der Waals surface area (Å²) in [5.41, 5.74) is 3.57. The Labute approximate surface area is 322 Å². The molecule has 288 valence electrons. The highest BCUT2D eigenvalue weighted by molar-refractivity contribution is 6.32. The highest BCUT2D eigenvalue weighted by Crippen LogP contribution is 2.43. The number of carboxylic acid groups (broad SMARTS) is 2. The van der Waals surface area contributed by atoms with Crippen LogP contribution in [0.15, 0.2) is 58.4 Å². The van der Waals surface area contributed by atoms with Gasteiger partial charge in [0.25, 0.3) is 0 Å². The van der Waals surface area contributed by atoms with Crippen LogP contribution in [0.1, 0.15) is 71.6 Å². The van der Waals surface area contributed by atoms with Gasteiger partial charge in [0.15, 0.2) is 10.9 Å². The van der Waals surface area contributed by atoms with E-state index in [4.69, 9.17) is 42.1 Å². The molecule has 0 fully saturated rings. The van der Waals surface area contributed by atoms with Crippen LogP contribution in [0.4, 0.5) is 0 Å². The lowest BCUT2D eigenvalue weighted by Crippen LogP contribution is -2.28. The maximum absolute atomic E-state index is 12.3. The first-order chi connectivity index (χ1) is 25.7. The van der Waals surface area contributed by atoms with Crippen molar-refractivity contribution < 1.29 is 38.7 Å². The van der Waals surface area contributed by atoms with E-state index in [-0.39, 0.29) is 35.0 Å². The van der Waals surface area contributed by atoms with E-state index < -0.39 is 22.8 Å². The lowest BCUT2D eigenvalue weighted by atomic mass is 9.87. The summed E-state index contributed by atoms with van der Waals surface area (Å²) < 4.78 is 25.2. The van der Waals surface area contributed by atoms with E-state index in [9.17, 15) is 29.4 Å². The summed E-state index contributed by atoms with van der Waals surface area (Å²) in [6, 6.07) is 10.2. The van der Waals surface area contributed by atoms with Crippen molar-refractivity contribution in [3.8, 4) is 34.0 Å². The molecule has 6 rings (SSSR count). The van der Waals surface area contributed by atoms with Crippen LogP contribution in [0.5, 0.6) is 11.5 Å². The first-order valence-electron chi connectivity index (χ1n) is 17.5. The number of ether oxygens (including phenoxy) is 4. The lowest BCUT2D eigenvalue weighted by Gasteiger charge is -2.33. The number of aromatic carboxylic acids is 2. The molecule has 0 bridgehead atoms. The molecule has 0 radical (unpaired) electrons. The molecule has 0 saturated carbocycles. The van der Waals surface area contributed by atoms with Crippen LogP contribution in [0.25, 0.3) is 22.5 Å². The number of halogens is 2. The largest absolute Gasteiger partial charge is 0.490 e. The molecule has 54 heavy (non-hydrogen) atoms. The summed E-state index contributed by atoms with van der Waals surface area (Å²) in [6.07, 6.45) is 4.29. The number of pyridine rings is 2. The molecular weight excluding hydrogens is 739 g/mol. The average Bonchev–Trinajstić information content (AvgIpc) is 3.11. The Morgan fingerprint density at radius 1 is 0.667 bits per heavy atom. The maximum atomic E-state index is 12.3. The van der Waals surface area contributed by atoms with Crippen LogP contribution in [0.3, 0.4) is 0 Å². The second kappa shape index (κ2) is 17.2. The molecule has 4 heterocycles. The predicted octanol–water partition coefficient (Wildman–Crippen LogP) is 7.29. The normalized spacial score (nSPS) is 15.4. The molecule has 14 heteroatoms. The van der Waals surface area contributed by atoms with Gasteiger partial charge >= 0.3 is 11.9 Å². The van der Waals surface area contributed by atoms with Crippen LogP contribution in [-0.2, 0) is 22.3 Å². The second-order valence-corrected chi connectivity index (χ2v) is 14.7. The Kier molecular flexibility index (Phi) is 12.9. The van der Waals surface area contributed by atoms with Crippen LogP contribution < -0.4 is 20.3 Å². The number of hydrogen-bond donors (Lipinski definition) is 2. The molecule has 0 saturated heterocycles. The van der Waals surface area contributed by atoms with Crippen molar-refractivity contribution in [3.63, 3.8) is 0 Å². The smallest absolute Gasteiger partial charge is 0.341 e. The summed E-state index contributed by atoms with van der Waals surface area (Å²) in [6.45, 7) is 9.99. The summed E-state index contributed by atoms with van der Waals surface area (Å²) in [4.78, 5) is 47.3. The summed E-state index contributed by atoms with van der Waals surface area (Å²) in [7, 11) is 3.20. The Hall–Kier alpha value is -4.62. The zero-order valence-corrected chi connectivity index (χ0v) is 32.5. The highest BCUT2D eigenvalue weighted by Gasteiger charge is 2.30. The summed E-state index contributed by atoms with van der Waals surface area (Å²) >= 11 is 12.8. The van der Waals surface area contributed by atoms with Crippen LogP contribution in [0, 0.1) is 11.8 Å². The SMILES string of the molecule is COCCOc1cc2c(cc1Cl)-c1cc(=O)c(C(=O)O)cn1[C@@H](C(C)C)C2.COCCOc1cc2c(cc1Cl)-c1cc(=O)c(C(=O)O)cn1[C@H](C(C)C)C2. The predicted molar refractivity (Wildman–Crippen MR) is 206 cm³/mol. The van der Waals surface area contributed by atoms with Crippen LogP contribution in [-0.4, -0.2) is 71.9 Å². The summed E-state index contributed by atoms with van der Waals surface area (Å²) in [5, 5.41) is 19.5. The standard InChI is InChI=1S/2C20H22ClNO5/c2*1-11(2)16-6-12-7-19(27-5-4-26-3)15(21)8-13(12)17-9-18(23)14(20(24)25)10-22(16)17/h2*7-11,16H,4-6H2,1-3H3,(H,24,25)/t2*16-/m10/s1. The third kappa shape index (κ3) is 8.52. The van der Waals surface area contributed by atoms with E-state index in [1.807, 2.05) is 21.3 Å². The van der Waals surface area contributed by atoms with E-state index in [0.29, 0.717) is 72.2 Å². The minimum absolute atomic E-state index is 0.0270. The Balaban J connectivity index is 0.000000208. The molecule has 0 amide bonds. The Morgan fingerprint density at radius 3 is 1.35 bits per heavy atom. The fraction of sp³-hybridized carbons (Fsp3) is 0.400. The van der Waals surface area contributed by atoms with Crippen molar-refractivity contribution in [1.29, 1.82) is 0 Å². The number of aromatic nitrogens is 2. The molecule has 2 aliphatic heterocycles. The van der Waals surface area contributed by atoms with Gasteiger partial charge in [0.1, 0.15) is 35.8 Å². The van der Waals surface area contributed by atoms with Gasteiger partial charge in [0.05, 0.1) is 34.6 Å². The Morgan fingerprint density at radius 2 is 1.04 bits per heavy atom. The molecule has 2 aliphatic rings. The number of benzene rings is 2. The molecule has 2 N–H and O–H groups in total. The second-order valence-electron chi connectivity index (χ2n) is 13.9. The van der Waals surface area contributed by atoms with E-state index in [1.54, 1.807) is 26.4 Å².